The second-order valence-electron chi connectivity index (χ2n) is 5.46. The van der Waals surface area contributed by atoms with Crippen molar-refractivity contribution in [3.05, 3.63) is 23.8 Å². The Morgan fingerprint density at radius 2 is 1.78 bits per heavy atom. The van der Waals surface area contributed by atoms with Crippen LogP contribution in [-0.2, 0) is 16.0 Å². The van der Waals surface area contributed by atoms with E-state index in [1.807, 2.05) is 25.1 Å². The summed E-state index contributed by atoms with van der Waals surface area (Å²) in [7, 11) is 3.18. The zero-order valence-electron chi connectivity index (χ0n) is 13.9. The Balaban J connectivity index is 2.42. The fourth-order valence-corrected chi connectivity index (χ4v) is 2.32. The number of benzene rings is 1. The molecule has 23 heavy (non-hydrogen) atoms. The molecule has 1 unspecified atom stereocenters. The molecule has 1 aromatic carbocycles. The van der Waals surface area contributed by atoms with Gasteiger partial charge in [-0.3, -0.25) is 9.59 Å². The minimum Gasteiger partial charge on any atom is -0.493 e. The molecule has 0 saturated heterocycles. The Labute approximate surface area is 136 Å². The number of amides is 1. The van der Waals surface area contributed by atoms with E-state index in [1.165, 1.54) is 0 Å². The first-order valence-corrected chi connectivity index (χ1v) is 7.68. The maximum atomic E-state index is 11.8. The van der Waals surface area contributed by atoms with Crippen LogP contribution in [0.25, 0.3) is 0 Å². The summed E-state index contributed by atoms with van der Waals surface area (Å²) in [5.41, 5.74) is 1.04. The lowest BCUT2D eigenvalue weighted by Crippen LogP contribution is -2.33. The second-order valence-corrected chi connectivity index (χ2v) is 5.46. The zero-order chi connectivity index (χ0) is 17.2. The van der Waals surface area contributed by atoms with Crippen molar-refractivity contribution in [3.63, 3.8) is 0 Å². The van der Waals surface area contributed by atoms with Gasteiger partial charge in [-0.1, -0.05) is 6.07 Å². The van der Waals surface area contributed by atoms with E-state index >= 15 is 0 Å². The first-order chi connectivity index (χ1) is 11.0. The van der Waals surface area contributed by atoms with Gasteiger partial charge in [-0.15, -0.1) is 0 Å². The molecular formula is C17H25NO5. The predicted molar refractivity (Wildman–Crippen MR) is 87.0 cm³/mol. The van der Waals surface area contributed by atoms with E-state index in [0.29, 0.717) is 37.2 Å². The molecule has 0 heterocycles. The number of carboxylic acids is 1. The quantitative estimate of drug-likeness (QED) is 0.646. The Bertz CT molecular complexity index is 530. The summed E-state index contributed by atoms with van der Waals surface area (Å²) >= 11 is 0. The van der Waals surface area contributed by atoms with Gasteiger partial charge in [0.05, 0.1) is 14.2 Å². The summed E-state index contributed by atoms with van der Waals surface area (Å²) in [6.45, 7) is 1.94. The number of nitrogens with one attached hydrogen (secondary N) is 1. The van der Waals surface area contributed by atoms with Crippen LogP contribution in [0.3, 0.4) is 0 Å². The molecule has 0 spiro atoms. The van der Waals surface area contributed by atoms with Crippen LogP contribution in [-0.4, -0.2) is 37.2 Å². The summed E-state index contributed by atoms with van der Waals surface area (Å²) in [6, 6.07) is 5.67. The molecule has 0 aliphatic rings. The van der Waals surface area contributed by atoms with E-state index < -0.39 is 5.97 Å². The average Bonchev–Trinajstić information content (AvgIpc) is 2.51. The number of aliphatic carboxylic acids is 1. The molecule has 1 rings (SSSR count). The zero-order valence-corrected chi connectivity index (χ0v) is 13.9. The maximum absolute atomic E-state index is 11.8. The number of rotatable bonds is 10. The summed E-state index contributed by atoms with van der Waals surface area (Å²) in [6.07, 6.45) is 2.24. The number of carbonyl (C=O) groups is 2. The van der Waals surface area contributed by atoms with Gasteiger partial charge >= 0.3 is 5.97 Å². The second kappa shape index (κ2) is 9.71. The summed E-state index contributed by atoms with van der Waals surface area (Å²) in [4.78, 5) is 22.2. The average molecular weight is 323 g/mol. The smallest absolute Gasteiger partial charge is 0.303 e. The molecule has 6 nitrogen and oxygen atoms in total. The van der Waals surface area contributed by atoms with Crippen molar-refractivity contribution in [3.8, 4) is 11.5 Å². The first-order valence-electron chi connectivity index (χ1n) is 7.68. The minimum atomic E-state index is -0.827. The monoisotopic (exact) mass is 323 g/mol. The van der Waals surface area contributed by atoms with Crippen molar-refractivity contribution < 1.29 is 24.2 Å². The predicted octanol–water partition coefficient (Wildman–Crippen LogP) is 2.40. The highest BCUT2D eigenvalue weighted by Crippen LogP contribution is 2.27. The summed E-state index contributed by atoms with van der Waals surface area (Å²) in [5, 5.41) is 11.5. The van der Waals surface area contributed by atoms with Gasteiger partial charge in [0.1, 0.15) is 0 Å². The molecule has 6 heteroatoms. The van der Waals surface area contributed by atoms with Gasteiger partial charge in [0.25, 0.3) is 0 Å². The number of hydrogen-bond donors (Lipinski definition) is 2. The highest BCUT2D eigenvalue weighted by Gasteiger charge is 2.11. The Kier molecular flexibility index (Phi) is 7.94. The van der Waals surface area contributed by atoms with Gasteiger partial charge in [0.2, 0.25) is 5.91 Å². The van der Waals surface area contributed by atoms with Gasteiger partial charge < -0.3 is 19.9 Å². The molecular weight excluding hydrogens is 298 g/mol. The van der Waals surface area contributed by atoms with Gasteiger partial charge in [0, 0.05) is 18.9 Å². The molecule has 128 valence electrons. The van der Waals surface area contributed by atoms with Gasteiger partial charge in [-0.05, 0) is 43.9 Å². The lowest BCUT2D eigenvalue weighted by molar-refractivity contribution is -0.137. The van der Waals surface area contributed by atoms with Crippen LogP contribution < -0.4 is 14.8 Å². The fourth-order valence-electron chi connectivity index (χ4n) is 2.32. The normalized spacial score (nSPS) is 11.6. The van der Waals surface area contributed by atoms with Crippen LogP contribution in [0.4, 0.5) is 0 Å². The molecule has 0 fully saturated rings. The molecule has 1 aromatic rings. The largest absolute Gasteiger partial charge is 0.493 e. The molecule has 0 aliphatic carbocycles. The van der Waals surface area contributed by atoms with E-state index in [2.05, 4.69) is 5.32 Å². The molecule has 0 radical (unpaired) electrons. The Hall–Kier alpha value is -2.24. The van der Waals surface area contributed by atoms with Crippen LogP contribution in [0.15, 0.2) is 18.2 Å². The number of ether oxygens (including phenoxy) is 2. The topological polar surface area (TPSA) is 84.9 Å². The van der Waals surface area contributed by atoms with Crippen LogP contribution >= 0.6 is 0 Å². The van der Waals surface area contributed by atoms with Crippen LogP contribution in [0, 0.1) is 0 Å². The number of hydrogen-bond acceptors (Lipinski definition) is 4. The van der Waals surface area contributed by atoms with E-state index in [-0.39, 0.29) is 18.4 Å². The van der Waals surface area contributed by atoms with E-state index in [1.54, 1.807) is 14.2 Å². The molecule has 0 saturated carbocycles. The standard InChI is InChI=1S/C17H25NO5/c1-12(18-16(19)6-4-5-7-17(20)21)10-13-8-9-14(22-2)15(11-13)23-3/h8-9,11-12H,4-7,10H2,1-3H3,(H,18,19)(H,20,21). The lowest BCUT2D eigenvalue weighted by Gasteiger charge is -2.15. The number of carboxylic acid groups (broad SMARTS) is 1. The molecule has 0 aliphatic heterocycles. The minimum absolute atomic E-state index is 0.0138. The third-order valence-corrected chi connectivity index (χ3v) is 3.44. The van der Waals surface area contributed by atoms with Crippen molar-refractivity contribution in [2.24, 2.45) is 0 Å². The van der Waals surface area contributed by atoms with Crippen LogP contribution in [0.2, 0.25) is 0 Å². The van der Waals surface area contributed by atoms with Crippen molar-refractivity contribution in [1.29, 1.82) is 0 Å². The van der Waals surface area contributed by atoms with Crippen LogP contribution in [0.1, 0.15) is 38.2 Å². The number of unbranched alkanes of at least 4 members (excludes halogenated alkanes) is 1. The SMILES string of the molecule is COc1ccc(CC(C)NC(=O)CCCCC(=O)O)cc1OC. The van der Waals surface area contributed by atoms with Crippen molar-refractivity contribution in [2.75, 3.05) is 14.2 Å². The Morgan fingerprint density at radius 3 is 2.39 bits per heavy atom. The van der Waals surface area contributed by atoms with E-state index in [9.17, 15) is 9.59 Å². The number of methoxy groups -OCH3 is 2. The molecule has 0 bridgehead atoms. The maximum Gasteiger partial charge on any atom is 0.303 e. The molecule has 1 amide bonds. The van der Waals surface area contributed by atoms with E-state index in [4.69, 9.17) is 14.6 Å². The van der Waals surface area contributed by atoms with Gasteiger partial charge in [0.15, 0.2) is 11.5 Å². The third-order valence-electron chi connectivity index (χ3n) is 3.44. The molecule has 1 atom stereocenters. The van der Waals surface area contributed by atoms with Gasteiger partial charge in [-0.2, -0.15) is 0 Å². The molecule has 2 N–H and O–H groups in total. The summed E-state index contributed by atoms with van der Waals surface area (Å²) in [5.74, 6) is 0.458. The molecule has 0 aromatic heterocycles. The highest BCUT2D eigenvalue weighted by molar-refractivity contribution is 5.76. The Morgan fingerprint density at radius 1 is 1.13 bits per heavy atom. The van der Waals surface area contributed by atoms with Crippen molar-refractivity contribution >= 4 is 11.9 Å². The fraction of sp³-hybridized carbons (Fsp3) is 0.529. The lowest BCUT2D eigenvalue weighted by atomic mass is 10.1. The highest BCUT2D eigenvalue weighted by atomic mass is 16.5. The third kappa shape index (κ3) is 7.04. The van der Waals surface area contributed by atoms with Crippen LogP contribution in [0.5, 0.6) is 11.5 Å². The van der Waals surface area contributed by atoms with Crippen molar-refractivity contribution in [1.82, 2.24) is 5.32 Å². The van der Waals surface area contributed by atoms with Gasteiger partial charge in [-0.25, -0.2) is 0 Å². The van der Waals surface area contributed by atoms with Crippen molar-refractivity contribution in [2.45, 2.75) is 45.1 Å². The first kappa shape index (κ1) is 18.8. The summed E-state index contributed by atoms with van der Waals surface area (Å²) < 4.78 is 10.5. The number of carbonyl (C=O) groups excluding carboxylic acids is 1. The van der Waals surface area contributed by atoms with E-state index in [0.717, 1.165) is 5.56 Å².